The van der Waals surface area contributed by atoms with E-state index in [-0.39, 0.29) is 76.6 Å². The molecule has 644 valence electrons. The van der Waals surface area contributed by atoms with Gasteiger partial charge in [0.25, 0.3) is 0 Å². The van der Waals surface area contributed by atoms with Crippen molar-refractivity contribution in [3.63, 3.8) is 0 Å². The summed E-state index contributed by atoms with van der Waals surface area (Å²) in [5.74, 6) is -17.7. The van der Waals surface area contributed by atoms with Gasteiger partial charge in [0.2, 0.25) is 82.7 Å². The number of benzene rings is 4. The number of aliphatic carboxylic acids is 1. The van der Waals surface area contributed by atoms with Gasteiger partial charge < -0.3 is 112 Å². The number of carbonyl (C=O) groups is 15. The first-order valence-corrected chi connectivity index (χ1v) is 40.9. The van der Waals surface area contributed by atoms with Gasteiger partial charge in [0.1, 0.15) is 72.5 Å². The Bertz CT molecular complexity index is 4590. The first kappa shape index (κ1) is 94.0. The lowest BCUT2D eigenvalue weighted by Crippen LogP contribution is -2.61. The summed E-state index contributed by atoms with van der Waals surface area (Å²) >= 11 is 0.854. The molecule has 6 aromatic rings. The first-order chi connectivity index (χ1) is 56.8. The molecule has 0 unspecified atom stereocenters. The summed E-state index contributed by atoms with van der Waals surface area (Å²) in [5, 5.41) is 67.7. The summed E-state index contributed by atoms with van der Waals surface area (Å²) in [5.41, 5.74) is 20.2. The highest BCUT2D eigenvalue weighted by atomic mass is 32.2. The van der Waals surface area contributed by atoms with Crippen LogP contribution < -0.4 is 91.6 Å². The average Bonchev–Trinajstić information content (AvgIpc) is 1.71. The van der Waals surface area contributed by atoms with Gasteiger partial charge in [0.05, 0.1) is 25.3 Å². The van der Waals surface area contributed by atoms with Gasteiger partial charge in [-0.25, -0.2) is 0 Å². The molecule has 1 fully saturated rings. The van der Waals surface area contributed by atoms with Crippen molar-refractivity contribution in [3.05, 3.63) is 120 Å². The maximum Gasteiger partial charge on any atom is 0.305 e. The molecular weight excluding hydrogens is 1560 g/mol. The fourth-order valence-electron chi connectivity index (χ4n) is 13.4. The quantitative estimate of drug-likeness (QED) is 0.0192. The smallest absolute Gasteiger partial charge is 0.305 e. The van der Waals surface area contributed by atoms with Crippen LogP contribution in [-0.4, -0.2) is 225 Å². The number of carbonyl (C=O) groups excluding carboxylic acids is 14. The summed E-state index contributed by atoms with van der Waals surface area (Å²) in [6.45, 7) is 7.85. The topological polar surface area (TPSA) is 598 Å². The molecule has 0 bridgehead atoms. The molecule has 1 saturated heterocycles. The number of para-hydroxylation sites is 2. The number of amides is 14. The highest BCUT2D eigenvalue weighted by Crippen LogP contribution is 2.24. The Morgan fingerprint density at radius 2 is 1.01 bits per heavy atom. The number of nitrogens with one attached hydrogen (secondary N) is 17. The minimum absolute atomic E-state index is 0.00969. The molecule has 3 heterocycles. The lowest BCUT2D eigenvalue weighted by molar-refractivity contribution is -0.141. The summed E-state index contributed by atoms with van der Waals surface area (Å²) in [7, 11) is 0. The SMILES string of the molecule is CCCC[C@@H]1NC(=O)[C@H](Cc2c[nH]c3ccccc23)NC(=O)[C@H](CC(=O)O)NC(=O)[C@H](CCCNC(=N)N)NC(=O)CNC(=O)[C@H](CO)NC(=O)[C@H]([C@@H](C)CC)NC(=O)[C@H](Cc2ccc3ccccc3c2)NC(=O)[C@H](C)NC(=O)CSC[C@@H](C(N)=O)NC(=O)[C@H](C(C)C)NC(=O)[C@H](Cc2c[nH]c3ccccc23)NC(=O)[C@H](CCCCN)NC1=O. The van der Waals surface area contributed by atoms with Crippen LogP contribution in [0.25, 0.3) is 32.6 Å². The van der Waals surface area contributed by atoms with E-state index < -0.39 is 204 Å². The zero-order chi connectivity index (χ0) is 87.0. The highest BCUT2D eigenvalue weighted by Gasteiger charge is 2.39. The molecule has 1 aliphatic heterocycles. The number of fused-ring (bicyclic) bond motifs is 3. The molecule has 1 aliphatic rings. The van der Waals surface area contributed by atoms with Gasteiger partial charge in [-0.2, -0.15) is 0 Å². The number of guanidine groups is 1. The standard InChI is InChI=1S/C81H112N20O17S/c1-7-9-23-56-73(111)92-57(26-16-17-30-82)74(112)95-60(35-50-38-88-54-25-15-13-22-52(50)54)78(116)100-67(43(3)4)79(117)99-63(69(83)107)41-119-42-65(104)90-45(6)70(108)94-58(33-46-28-29-47-19-10-11-20-48(47)32-46)77(115)101-68(44(5)8-2)80(118)98-62(40-102)71(109)89-39-64(103)91-55(27-18-31-86-81(84)85)72(110)97-61(36-66(105)106)76(114)96-59(75(113)93-56)34-49-37-87-53-24-14-12-21-51(49)53/h10-15,19-22,24-25,28-29,32,37-38,43-45,55-63,67-68,87-88,102H,7-9,16-18,23,26-27,30-31,33-36,39-42,82H2,1-6H3,(H2,83,107)(H,89,109)(H,90,104)(H,91,103)(H,92,111)(H,93,113)(H,94,108)(H,95,112)(H,96,114)(H,97,110)(H,98,118)(H,99,117)(H,100,116)(H,101,115)(H,105,106)(H4,84,85,86)/t44-,45-,55-,56-,57-,58-,59-,60-,61-,62-,63-,67-,68-/m0/s1. The molecular formula is C81H112N20O17S. The van der Waals surface area contributed by atoms with E-state index >= 15 is 14.4 Å². The zero-order valence-electron chi connectivity index (χ0n) is 67.5. The van der Waals surface area contributed by atoms with Crippen LogP contribution in [0.2, 0.25) is 0 Å². The van der Waals surface area contributed by atoms with Crippen molar-refractivity contribution in [2.75, 3.05) is 37.7 Å². The minimum Gasteiger partial charge on any atom is -0.481 e. The molecule has 0 radical (unpaired) electrons. The molecule has 14 amide bonds. The Morgan fingerprint density at radius 3 is 1.56 bits per heavy atom. The number of nitrogens with two attached hydrogens (primary N) is 3. The molecule has 0 saturated carbocycles. The molecule has 13 atom stereocenters. The lowest BCUT2D eigenvalue weighted by atomic mass is 9.96. The number of hydrogen-bond donors (Lipinski definition) is 22. The van der Waals surface area contributed by atoms with Gasteiger partial charge >= 0.3 is 5.97 Å². The number of aliphatic hydroxyl groups excluding tert-OH is 1. The van der Waals surface area contributed by atoms with E-state index in [4.69, 9.17) is 22.6 Å². The fraction of sp³-hybridized carbons (Fsp3) is 0.481. The number of carboxylic acid groups (broad SMARTS) is 1. The first-order valence-electron chi connectivity index (χ1n) is 39.8. The maximum absolute atomic E-state index is 15.1. The molecule has 25 N–H and O–H groups in total. The van der Waals surface area contributed by atoms with Crippen molar-refractivity contribution in [1.29, 1.82) is 5.41 Å². The summed E-state index contributed by atoms with van der Waals surface area (Å²) in [6.07, 6.45) is 2.72. The van der Waals surface area contributed by atoms with E-state index in [9.17, 15) is 67.7 Å². The Balaban J connectivity index is 1.25. The van der Waals surface area contributed by atoms with E-state index in [1.807, 2.05) is 31.2 Å². The van der Waals surface area contributed by atoms with Crippen LogP contribution in [0.15, 0.2) is 103 Å². The molecule has 0 aliphatic carbocycles. The zero-order valence-corrected chi connectivity index (χ0v) is 68.3. The number of hydrogen-bond acceptors (Lipinski definition) is 19. The van der Waals surface area contributed by atoms with Crippen LogP contribution in [0.1, 0.15) is 122 Å². The normalized spacial score (nSPS) is 23.4. The Kier molecular flexibility index (Phi) is 36.9. The molecule has 119 heavy (non-hydrogen) atoms. The number of H-pyrrole nitrogens is 2. The number of aromatic amines is 2. The molecule has 0 spiro atoms. The van der Waals surface area contributed by atoms with Crippen molar-refractivity contribution < 1.29 is 82.1 Å². The van der Waals surface area contributed by atoms with Gasteiger partial charge in [0, 0.05) is 65.8 Å². The van der Waals surface area contributed by atoms with Crippen molar-refractivity contribution in [2.45, 2.75) is 198 Å². The van der Waals surface area contributed by atoms with Crippen molar-refractivity contribution >= 4 is 139 Å². The van der Waals surface area contributed by atoms with E-state index in [1.165, 1.54) is 6.92 Å². The van der Waals surface area contributed by atoms with Gasteiger partial charge in [-0.05, 0) is 103 Å². The second-order valence-electron chi connectivity index (χ2n) is 29.8. The van der Waals surface area contributed by atoms with Crippen LogP contribution in [0.5, 0.6) is 0 Å². The molecule has 4 aromatic carbocycles. The second-order valence-corrected chi connectivity index (χ2v) is 30.9. The van der Waals surface area contributed by atoms with Gasteiger partial charge in [-0.15, -0.1) is 11.8 Å². The van der Waals surface area contributed by atoms with Crippen molar-refractivity contribution in [2.24, 2.45) is 29.0 Å². The Labute approximate surface area is 692 Å². The third kappa shape index (κ3) is 28.8. The lowest BCUT2D eigenvalue weighted by Gasteiger charge is -2.29. The van der Waals surface area contributed by atoms with E-state index in [0.29, 0.717) is 57.8 Å². The fourth-order valence-corrected chi connectivity index (χ4v) is 14.2. The van der Waals surface area contributed by atoms with Gasteiger partial charge in [-0.3, -0.25) is 77.3 Å². The predicted molar refractivity (Wildman–Crippen MR) is 445 cm³/mol. The molecule has 38 heteroatoms. The van der Waals surface area contributed by atoms with Crippen LogP contribution >= 0.6 is 11.8 Å². The highest BCUT2D eigenvalue weighted by molar-refractivity contribution is 8.00. The van der Waals surface area contributed by atoms with Gasteiger partial charge in [-0.1, -0.05) is 133 Å². The Hall–Kier alpha value is -12.2. The average molecular weight is 1670 g/mol. The minimum atomic E-state index is -2.00. The van der Waals surface area contributed by atoms with E-state index in [1.54, 1.807) is 107 Å². The number of unbranched alkanes of at least 4 members (excludes halogenated alkanes) is 2. The molecule has 7 rings (SSSR count). The predicted octanol–water partition coefficient (Wildman–Crippen LogP) is -1.23. The van der Waals surface area contributed by atoms with Gasteiger partial charge in [0.15, 0.2) is 5.96 Å². The van der Waals surface area contributed by atoms with Crippen LogP contribution in [0.4, 0.5) is 0 Å². The van der Waals surface area contributed by atoms with E-state index in [2.05, 4.69) is 84.4 Å². The van der Waals surface area contributed by atoms with Crippen LogP contribution in [0.3, 0.4) is 0 Å². The molecule has 2 aromatic heterocycles. The monoisotopic (exact) mass is 1670 g/mol. The number of aliphatic hydroxyl groups is 1. The number of rotatable bonds is 24. The van der Waals surface area contributed by atoms with Crippen molar-refractivity contribution in [3.8, 4) is 0 Å². The number of aromatic nitrogens is 2. The summed E-state index contributed by atoms with van der Waals surface area (Å²) in [4.78, 5) is 221. The number of primary amides is 1. The maximum atomic E-state index is 15.1. The number of thioether (sulfide) groups is 1. The van der Waals surface area contributed by atoms with E-state index in [0.717, 1.165) is 22.5 Å². The van der Waals surface area contributed by atoms with Crippen LogP contribution in [-0.2, 0) is 91.2 Å². The van der Waals surface area contributed by atoms with Crippen LogP contribution in [0, 0.1) is 17.2 Å². The summed E-state index contributed by atoms with van der Waals surface area (Å²) in [6, 6.07) is 8.22. The van der Waals surface area contributed by atoms with Crippen molar-refractivity contribution in [1.82, 2.24) is 84.4 Å². The number of carboxylic acids is 1. The third-order valence-electron chi connectivity index (χ3n) is 20.3. The third-order valence-corrected chi connectivity index (χ3v) is 21.3. The second kappa shape index (κ2) is 46.7. The summed E-state index contributed by atoms with van der Waals surface area (Å²) < 4.78 is 0. The molecule has 37 nitrogen and oxygen atoms in total. The largest absolute Gasteiger partial charge is 0.481 e. The Morgan fingerprint density at radius 1 is 0.521 bits per heavy atom.